The second-order valence-electron chi connectivity index (χ2n) is 5.75. The molecule has 0 aromatic heterocycles. The Morgan fingerprint density at radius 1 is 1.24 bits per heavy atom. The number of amides is 1. The zero-order valence-electron chi connectivity index (χ0n) is 11.9. The minimum atomic E-state index is -0.292. The third kappa shape index (κ3) is 2.85. The lowest BCUT2D eigenvalue weighted by Crippen LogP contribution is -2.32. The van der Waals surface area contributed by atoms with Gasteiger partial charge >= 0.3 is 0 Å². The SMILES string of the molecule is Nc1cc2ccccc2cc1C(=O)NCC1CCCC1O. The Bertz CT molecular complexity index is 669. The number of carbonyl (C=O) groups is 1. The number of aliphatic hydroxyl groups excluding tert-OH is 1. The number of nitrogens with two attached hydrogens (primary N) is 1. The van der Waals surface area contributed by atoms with Gasteiger partial charge in [-0.05, 0) is 35.7 Å². The third-order valence-corrected chi connectivity index (χ3v) is 4.31. The van der Waals surface area contributed by atoms with Crippen molar-refractivity contribution in [3.05, 3.63) is 42.0 Å². The standard InChI is InChI=1S/C17H20N2O2/c18-15-9-12-5-2-1-4-11(12)8-14(15)17(21)19-10-13-6-3-7-16(13)20/h1-2,4-5,8-9,13,16,20H,3,6-7,10,18H2,(H,19,21). The van der Waals surface area contributed by atoms with Gasteiger partial charge in [-0.1, -0.05) is 30.7 Å². The molecule has 1 aliphatic carbocycles. The van der Waals surface area contributed by atoms with Gasteiger partial charge in [0.05, 0.1) is 11.7 Å². The molecule has 0 heterocycles. The number of nitrogens with one attached hydrogen (secondary N) is 1. The molecule has 2 unspecified atom stereocenters. The van der Waals surface area contributed by atoms with Crippen LogP contribution in [0.4, 0.5) is 5.69 Å². The van der Waals surface area contributed by atoms with Crippen molar-refractivity contribution in [1.82, 2.24) is 5.32 Å². The maximum Gasteiger partial charge on any atom is 0.253 e. The Kier molecular flexibility index (Phi) is 3.80. The van der Waals surface area contributed by atoms with Gasteiger partial charge in [0.1, 0.15) is 0 Å². The fourth-order valence-corrected chi connectivity index (χ4v) is 3.03. The first kappa shape index (κ1) is 13.9. The van der Waals surface area contributed by atoms with Crippen molar-refractivity contribution in [1.29, 1.82) is 0 Å². The lowest BCUT2D eigenvalue weighted by atomic mass is 10.0. The van der Waals surface area contributed by atoms with Crippen molar-refractivity contribution in [3.8, 4) is 0 Å². The van der Waals surface area contributed by atoms with Gasteiger partial charge in [0.25, 0.3) is 5.91 Å². The highest BCUT2D eigenvalue weighted by atomic mass is 16.3. The average Bonchev–Trinajstić information content (AvgIpc) is 2.89. The molecule has 4 N–H and O–H groups in total. The van der Waals surface area contributed by atoms with E-state index >= 15 is 0 Å². The fraction of sp³-hybridized carbons (Fsp3) is 0.353. The molecule has 1 amide bonds. The molecule has 0 bridgehead atoms. The number of carbonyl (C=O) groups excluding carboxylic acids is 1. The molecule has 0 spiro atoms. The quantitative estimate of drug-likeness (QED) is 0.757. The summed E-state index contributed by atoms with van der Waals surface area (Å²) < 4.78 is 0. The molecule has 2 aromatic carbocycles. The van der Waals surface area contributed by atoms with Gasteiger partial charge in [-0.25, -0.2) is 0 Å². The lowest BCUT2D eigenvalue weighted by molar-refractivity contribution is 0.0918. The van der Waals surface area contributed by atoms with Gasteiger partial charge in [0.15, 0.2) is 0 Å². The smallest absolute Gasteiger partial charge is 0.253 e. The summed E-state index contributed by atoms with van der Waals surface area (Å²) in [7, 11) is 0. The van der Waals surface area contributed by atoms with Crippen LogP contribution in [-0.4, -0.2) is 23.7 Å². The maximum atomic E-state index is 12.3. The zero-order valence-corrected chi connectivity index (χ0v) is 11.9. The third-order valence-electron chi connectivity index (χ3n) is 4.31. The molecule has 0 radical (unpaired) electrons. The fourth-order valence-electron chi connectivity index (χ4n) is 3.03. The molecule has 0 saturated heterocycles. The van der Waals surface area contributed by atoms with Crippen molar-refractivity contribution in [2.24, 2.45) is 5.92 Å². The first-order chi connectivity index (χ1) is 10.1. The number of hydrogen-bond donors (Lipinski definition) is 3. The predicted molar refractivity (Wildman–Crippen MR) is 84.0 cm³/mol. The highest BCUT2D eigenvalue weighted by Crippen LogP contribution is 2.25. The summed E-state index contributed by atoms with van der Waals surface area (Å²) in [5.74, 6) is -0.00650. The molecule has 0 aliphatic heterocycles. The summed E-state index contributed by atoms with van der Waals surface area (Å²) in [5.41, 5.74) is 6.97. The molecular formula is C17H20N2O2. The predicted octanol–water partition coefficient (Wildman–Crippen LogP) is 2.31. The Morgan fingerprint density at radius 2 is 1.95 bits per heavy atom. The molecule has 3 rings (SSSR count). The van der Waals surface area contributed by atoms with E-state index in [0.29, 0.717) is 17.8 Å². The van der Waals surface area contributed by atoms with Crippen LogP contribution < -0.4 is 11.1 Å². The van der Waals surface area contributed by atoms with Crippen molar-refractivity contribution >= 4 is 22.4 Å². The monoisotopic (exact) mass is 284 g/mol. The summed E-state index contributed by atoms with van der Waals surface area (Å²) in [4.78, 5) is 12.3. The topological polar surface area (TPSA) is 75.4 Å². The molecule has 1 aliphatic rings. The molecule has 110 valence electrons. The van der Waals surface area contributed by atoms with Crippen LogP contribution in [0, 0.1) is 5.92 Å². The lowest BCUT2D eigenvalue weighted by Gasteiger charge is -2.16. The number of anilines is 1. The normalized spacial score (nSPS) is 21.6. The second kappa shape index (κ2) is 5.74. The van der Waals surface area contributed by atoms with Crippen molar-refractivity contribution in [3.63, 3.8) is 0 Å². The Balaban J connectivity index is 1.76. The Hall–Kier alpha value is -2.07. The molecule has 2 aromatic rings. The van der Waals surface area contributed by atoms with Gasteiger partial charge in [0, 0.05) is 18.2 Å². The van der Waals surface area contributed by atoms with E-state index < -0.39 is 0 Å². The van der Waals surface area contributed by atoms with E-state index in [4.69, 9.17) is 5.73 Å². The van der Waals surface area contributed by atoms with Crippen LogP contribution in [0.3, 0.4) is 0 Å². The molecule has 1 fully saturated rings. The van der Waals surface area contributed by atoms with Crippen LogP contribution >= 0.6 is 0 Å². The minimum absolute atomic E-state index is 0.163. The molecule has 2 atom stereocenters. The van der Waals surface area contributed by atoms with Crippen molar-refractivity contribution < 1.29 is 9.90 Å². The largest absolute Gasteiger partial charge is 0.398 e. The van der Waals surface area contributed by atoms with Crippen LogP contribution in [0.25, 0.3) is 10.8 Å². The zero-order chi connectivity index (χ0) is 14.8. The molecule has 4 nitrogen and oxygen atoms in total. The van der Waals surface area contributed by atoms with E-state index in [0.717, 1.165) is 30.0 Å². The number of benzene rings is 2. The van der Waals surface area contributed by atoms with Crippen molar-refractivity contribution in [2.45, 2.75) is 25.4 Å². The van der Waals surface area contributed by atoms with Crippen LogP contribution in [-0.2, 0) is 0 Å². The van der Waals surface area contributed by atoms with Crippen LogP contribution in [0.1, 0.15) is 29.6 Å². The van der Waals surface area contributed by atoms with Crippen molar-refractivity contribution in [2.75, 3.05) is 12.3 Å². The van der Waals surface area contributed by atoms with E-state index in [1.807, 2.05) is 36.4 Å². The molecule has 1 saturated carbocycles. The van der Waals surface area contributed by atoms with E-state index in [1.54, 1.807) is 0 Å². The number of rotatable bonds is 3. The molecule has 21 heavy (non-hydrogen) atoms. The summed E-state index contributed by atoms with van der Waals surface area (Å²) >= 11 is 0. The summed E-state index contributed by atoms with van der Waals surface area (Å²) in [6.45, 7) is 0.506. The van der Waals surface area contributed by atoms with Gasteiger partial charge in [0.2, 0.25) is 0 Å². The number of nitrogen functional groups attached to an aromatic ring is 1. The Morgan fingerprint density at radius 3 is 2.62 bits per heavy atom. The van der Waals surface area contributed by atoms with Gasteiger partial charge in [-0.2, -0.15) is 0 Å². The van der Waals surface area contributed by atoms with Crippen LogP contribution in [0.5, 0.6) is 0 Å². The van der Waals surface area contributed by atoms with Gasteiger partial charge in [-0.15, -0.1) is 0 Å². The highest BCUT2D eigenvalue weighted by molar-refractivity contribution is 6.03. The maximum absolute atomic E-state index is 12.3. The summed E-state index contributed by atoms with van der Waals surface area (Å²) in [6, 6.07) is 11.5. The minimum Gasteiger partial charge on any atom is -0.398 e. The summed E-state index contributed by atoms with van der Waals surface area (Å²) in [6.07, 6.45) is 2.53. The highest BCUT2D eigenvalue weighted by Gasteiger charge is 2.25. The second-order valence-corrected chi connectivity index (χ2v) is 5.75. The summed E-state index contributed by atoms with van der Waals surface area (Å²) in [5, 5.41) is 14.7. The van der Waals surface area contributed by atoms with Crippen LogP contribution in [0.15, 0.2) is 36.4 Å². The Labute approximate surface area is 124 Å². The average molecular weight is 284 g/mol. The number of aliphatic hydroxyl groups is 1. The van der Waals surface area contributed by atoms with Gasteiger partial charge < -0.3 is 16.2 Å². The van der Waals surface area contributed by atoms with Crippen LogP contribution in [0.2, 0.25) is 0 Å². The number of fused-ring (bicyclic) bond motifs is 1. The molecular weight excluding hydrogens is 264 g/mol. The van der Waals surface area contributed by atoms with E-state index in [1.165, 1.54) is 0 Å². The number of hydrogen-bond acceptors (Lipinski definition) is 3. The van der Waals surface area contributed by atoms with E-state index in [9.17, 15) is 9.90 Å². The van der Waals surface area contributed by atoms with E-state index in [-0.39, 0.29) is 17.9 Å². The first-order valence-corrected chi connectivity index (χ1v) is 7.39. The molecule has 4 heteroatoms. The van der Waals surface area contributed by atoms with Gasteiger partial charge in [-0.3, -0.25) is 4.79 Å². The van der Waals surface area contributed by atoms with E-state index in [2.05, 4.69) is 5.32 Å². The first-order valence-electron chi connectivity index (χ1n) is 7.39.